The summed E-state index contributed by atoms with van der Waals surface area (Å²) in [4.78, 5) is 25.8. The van der Waals surface area contributed by atoms with Gasteiger partial charge in [0.05, 0.1) is 30.4 Å². The van der Waals surface area contributed by atoms with Crippen molar-refractivity contribution in [2.75, 3.05) is 50.2 Å². The third-order valence-corrected chi connectivity index (χ3v) is 6.60. The number of carbonyl (C=O) groups excluding carboxylic acids is 1. The van der Waals surface area contributed by atoms with Gasteiger partial charge in [0.25, 0.3) is 0 Å². The largest absolute Gasteiger partial charge is 0.493 e. The van der Waals surface area contributed by atoms with Gasteiger partial charge in [-0.3, -0.25) is 4.79 Å². The second-order valence-electron chi connectivity index (χ2n) is 8.41. The molecule has 1 amide bonds. The number of aromatic nitrogens is 2. The Hall–Kier alpha value is -3.26. The summed E-state index contributed by atoms with van der Waals surface area (Å²) in [5.74, 6) is 3.10. The van der Waals surface area contributed by atoms with E-state index in [2.05, 4.69) is 9.80 Å². The first-order chi connectivity index (χ1) is 16.0. The lowest BCUT2D eigenvalue weighted by Crippen LogP contribution is -2.47. The van der Waals surface area contributed by atoms with Gasteiger partial charge in [-0.2, -0.15) is 0 Å². The summed E-state index contributed by atoms with van der Waals surface area (Å²) in [5.41, 5.74) is 7.55. The average Bonchev–Trinajstić information content (AvgIpc) is 3.68. The summed E-state index contributed by atoms with van der Waals surface area (Å²) in [6, 6.07) is 9.11. The third kappa shape index (κ3) is 4.11. The van der Waals surface area contributed by atoms with E-state index >= 15 is 0 Å². The first-order valence-corrected chi connectivity index (χ1v) is 11.4. The molecule has 8 nitrogen and oxygen atoms in total. The topological polar surface area (TPSA) is 93.8 Å². The van der Waals surface area contributed by atoms with Gasteiger partial charge in [-0.25, -0.2) is 9.97 Å². The van der Waals surface area contributed by atoms with E-state index in [9.17, 15) is 4.79 Å². The zero-order chi connectivity index (χ0) is 23.1. The van der Waals surface area contributed by atoms with Crippen LogP contribution in [0.15, 0.2) is 30.3 Å². The second-order valence-corrected chi connectivity index (χ2v) is 8.82. The molecule has 1 saturated carbocycles. The minimum Gasteiger partial charge on any atom is -0.493 e. The van der Waals surface area contributed by atoms with Crippen molar-refractivity contribution in [3.8, 4) is 11.5 Å². The number of nitrogens with zero attached hydrogens (tertiary/aromatic N) is 4. The van der Waals surface area contributed by atoms with Gasteiger partial charge < -0.3 is 25.0 Å². The summed E-state index contributed by atoms with van der Waals surface area (Å²) in [5, 5.41) is 1.48. The highest BCUT2D eigenvalue weighted by molar-refractivity contribution is 6.33. The molecule has 2 heterocycles. The highest BCUT2D eigenvalue weighted by atomic mass is 35.5. The van der Waals surface area contributed by atoms with Crippen LogP contribution in [0.25, 0.3) is 10.9 Å². The van der Waals surface area contributed by atoms with E-state index in [4.69, 9.17) is 36.8 Å². The number of fused-ring (bicyclic) bond motifs is 1. The zero-order valence-corrected chi connectivity index (χ0v) is 19.4. The summed E-state index contributed by atoms with van der Waals surface area (Å²) >= 11 is 6.45. The SMILES string of the molecule is COc1cc2nc(C3CC3)nc(N3CCN(c4ccc(C(N)=O)cc4Cl)CC3)c2cc1OC. The number of amides is 1. The van der Waals surface area contributed by atoms with Crippen molar-refractivity contribution in [1.82, 2.24) is 9.97 Å². The van der Waals surface area contributed by atoms with E-state index in [1.807, 2.05) is 18.2 Å². The number of benzene rings is 2. The second kappa shape index (κ2) is 8.59. The summed E-state index contributed by atoms with van der Waals surface area (Å²) in [6.45, 7) is 3.09. The molecule has 2 aromatic carbocycles. The van der Waals surface area contributed by atoms with E-state index in [-0.39, 0.29) is 0 Å². The molecule has 9 heteroatoms. The van der Waals surface area contributed by atoms with Crippen LogP contribution in [0, 0.1) is 0 Å². The molecule has 172 valence electrons. The summed E-state index contributed by atoms with van der Waals surface area (Å²) < 4.78 is 11.0. The first kappa shape index (κ1) is 21.6. The monoisotopic (exact) mass is 467 g/mol. The highest BCUT2D eigenvalue weighted by Crippen LogP contribution is 2.42. The lowest BCUT2D eigenvalue weighted by Gasteiger charge is -2.37. The number of carbonyl (C=O) groups is 1. The predicted molar refractivity (Wildman–Crippen MR) is 129 cm³/mol. The Morgan fingerprint density at radius 2 is 1.67 bits per heavy atom. The number of hydrogen-bond acceptors (Lipinski definition) is 7. The van der Waals surface area contributed by atoms with E-state index in [1.165, 1.54) is 0 Å². The molecule has 2 N–H and O–H groups in total. The summed E-state index contributed by atoms with van der Waals surface area (Å²) in [7, 11) is 3.27. The fourth-order valence-corrected chi connectivity index (χ4v) is 4.60. The fourth-order valence-electron chi connectivity index (χ4n) is 4.30. The van der Waals surface area contributed by atoms with Gasteiger partial charge in [0.2, 0.25) is 5.91 Å². The number of primary amides is 1. The van der Waals surface area contributed by atoms with E-state index in [0.29, 0.717) is 28.0 Å². The van der Waals surface area contributed by atoms with Crippen LogP contribution in [-0.2, 0) is 0 Å². The van der Waals surface area contributed by atoms with Crippen molar-refractivity contribution in [3.05, 3.63) is 46.7 Å². The Kier molecular flexibility index (Phi) is 5.62. The molecule has 1 aliphatic heterocycles. The standard InChI is InChI=1S/C24H26ClN5O3/c1-32-20-12-16-18(13-21(20)33-2)27-23(14-3-4-14)28-24(16)30-9-7-29(8-10-30)19-6-5-15(22(26)31)11-17(19)25/h5-6,11-14H,3-4,7-10H2,1-2H3,(H2,26,31). The molecule has 33 heavy (non-hydrogen) atoms. The third-order valence-electron chi connectivity index (χ3n) is 6.29. The molecule has 2 fully saturated rings. The highest BCUT2D eigenvalue weighted by Gasteiger charge is 2.30. The molecule has 1 aromatic heterocycles. The van der Waals surface area contributed by atoms with Gasteiger partial charge in [0.15, 0.2) is 11.5 Å². The van der Waals surface area contributed by atoms with Crippen LogP contribution in [0.4, 0.5) is 11.5 Å². The van der Waals surface area contributed by atoms with Gasteiger partial charge in [0, 0.05) is 49.1 Å². The quantitative estimate of drug-likeness (QED) is 0.591. The molecule has 0 bridgehead atoms. The van der Waals surface area contributed by atoms with Gasteiger partial charge in [-0.05, 0) is 37.1 Å². The molecule has 0 spiro atoms. The number of methoxy groups -OCH3 is 2. The number of ether oxygens (including phenoxy) is 2. The normalized spacial score (nSPS) is 16.2. The Balaban J connectivity index is 1.45. The minimum absolute atomic E-state index is 0.409. The van der Waals surface area contributed by atoms with Crippen LogP contribution in [-0.4, -0.2) is 56.3 Å². The van der Waals surface area contributed by atoms with Crippen molar-refractivity contribution in [1.29, 1.82) is 0 Å². The van der Waals surface area contributed by atoms with Crippen molar-refractivity contribution >= 4 is 39.9 Å². The lowest BCUT2D eigenvalue weighted by molar-refractivity contribution is 0.100. The fraction of sp³-hybridized carbons (Fsp3) is 0.375. The average molecular weight is 468 g/mol. The lowest BCUT2D eigenvalue weighted by atomic mass is 10.1. The van der Waals surface area contributed by atoms with E-state index in [0.717, 1.165) is 67.3 Å². The number of nitrogens with two attached hydrogens (primary N) is 1. The minimum atomic E-state index is -0.484. The van der Waals surface area contributed by atoms with Crippen molar-refractivity contribution in [3.63, 3.8) is 0 Å². The molecule has 1 saturated heterocycles. The maximum atomic E-state index is 11.4. The molecule has 3 aromatic rings. The van der Waals surface area contributed by atoms with E-state index in [1.54, 1.807) is 26.4 Å². The number of anilines is 2. The number of hydrogen-bond donors (Lipinski definition) is 1. The van der Waals surface area contributed by atoms with Gasteiger partial charge >= 0.3 is 0 Å². The first-order valence-electron chi connectivity index (χ1n) is 11.0. The van der Waals surface area contributed by atoms with E-state index < -0.39 is 5.91 Å². The van der Waals surface area contributed by atoms with Crippen LogP contribution in [0.3, 0.4) is 0 Å². The molecule has 0 unspecified atom stereocenters. The van der Waals surface area contributed by atoms with Crippen molar-refractivity contribution in [2.45, 2.75) is 18.8 Å². The smallest absolute Gasteiger partial charge is 0.248 e. The molecule has 0 atom stereocenters. The predicted octanol–water partition coefficient (Wildman–Crippen LogP) is 3.60. The molecule has 1 aliphatic carbocycles. The van der Waals surface area contributed by atoms with Crippen LogP contribution in [0.1, 0.15) is 34.9 Å². The molecular formula is C24H26ClN5O3. The van der Waals surface area contributed by atoms with Crippen molar-refractivity contribution in [2.24, 2.45) is 5.73 Å². The molecular weight excluding hydrogens is 442 g/mol. The molecule has 2 aliphatic rings. The van der Waals surface area contributed by atoms with Crippen LogP contribution in [0.5, 0.6) is 11.5 Å². The molecule has 0 radical (unpaired) electrons. The van der Waals surface area contributed by atoms with Crippen molar-refractivity contribution < 1.29 is 14.3 Å². The Morgan fingerprint density at radius 1 is 1.00 bits per heavy atom. The van der Waals surface area contributed by atoms with Gasteiger partial charge in [-0.1, -0.05) is 11.6 Å². The Morgan fingerprint density at radius 3 is 2.27 bits per heavy atom. The number of rotatable bonds is 6. The Labute approximate surface area is 197 Å². The number of piperazine rings is 1. The van der Waals surface area contributed by atoms with Gasteiger partial charge in [0.1, 0.15) is 11.6 Å². The maximum Gasteiger partial charge on any atom is 0.248 e. The Bertz CT molecular complexity index is 1220. The zero-order valence-electron chi connectivity index (χ0n) is 18.7. The van der Waals surface area contributed by atoms with Crippen LogP contribution >= 0.6 is 11.6 Å². The molecule has 5 rings (SSSR count). The summed E-state index contributed by atoms with van der Waals surface area (Å²) in [6.07, 6.45) is 2.26. The van der Waals surface area contributed by atoms with Crippen LogP contribution in [0.2, 0.25) is 5.02 Å². The number of halogens is 1. The van der Waals surface area contributed by atoms with Gasteiger partial charge in [-0.15, -0.1) is 0 Å². The maximum absolute atomic E-state index is 11.4. The van der Waals surface area contributed by atoms with Crippen LogP contribution < -0.4 is 25.0 Å².